The molecule has 4 heteroatoms. The molecule has 4 nitrogen and oxygen atoms in total. The molecule has 1 saturated carbocycles. The number of esters is 1. The highest BCUT2D eigenvalue weighted by Crippen LogP contribution is 2.30. The predicted molar refractivity (Wildman–Crippen MR) is 73.8 cm³/mol. The van der Waals surface area contributed by atoms with Crippen LogP contribution in [-0.4, -0.2) is 46.3 Å². The lowest BCUT2D eigenvalue weighted by molar-refractivity contribution is -0.162. The summed E-state index contributed by atoms with van der Waals surface area (Å²) in [7, 11) is 0. The number of carbonyl (C=O) groups is 1. The van der Waals surface area contributed by atoms with Crippen LogP contribution in [0.3, 0.4) is 0 Å². The molecule has 0 aromatic heterocycles. The first-order valence-corrected chi connectivity index (χ1v) is 7.55. The van der Waals surface area contributed by atoms with Crippen molar-refractivity contribution in [1.82, 2.24) is 4.90 Å². The lowest BCUT2D eigenvalue weighted by atomic mass is 9.91. The number of aliphatic hydroxyl groups is 1. The molecule has 1 heterocycles. The molecule has 1 saturated heterocycles. The van der Waals surface area contributed by atoms with Crippen molar-refractivity contribution in [2.75, 3.05) is 6.54 Å². The molecule has 110 valence electrons. The average Bonchev–Trinajstić information content (AvgIpc) is 2.76. The maximum atomic E-state index is 12.3. The number of hydrogen-bond donors (Lipinski definition) is 1. The summed E-state index contributed by atoms with van der Waals surface area (Å²) in [4.78, 5) is 14.5. The van der Waals surface area contributed by atoms with Crippen molar-refractivity contribution in [2.24, 2.45) is 0 Å². The third-order valence-electron chi connectivity index (χ3n) is 4.09. The predicted octanol–water partition coefficient (Wildman–Crippen LogP) is 2.10. The normalized spacial score (nSPS) is 33.4. The standard InChI is InChI=1S/C15H27NO3/c1-15(2,3)19-14(18)12-8-6-10-16(12)11-7-4-5-9-13(11)17/h11-13,17H,4-10H2,1-3H3/t11?,12-,13?/m0/s1. The van der Waals surface area contributed by atoms with Crippen LogP contribution in [0.5, 0.6) is 0 Å². The summed E-state index contributed by atoms with van der Waals surface area (Å²) in [6.45, 7) is 6.62. The van der Waals surface area contributed by atoms with Gasteiger partial charge in [-0.15, -0.1) is 0 Å². The maximum absolute atomic E-state index is 12.3. The zero-order chi connectivity index (χ0) is 14.0. The number of carbonyl (C=O) groups excluding carboxylic acids is 1. The topological polar surface area (TPSA) is 49.8 Å². The highest BCUT2D eigenvalue weighted by molar-refractivity contribution is 5.76. The van der Waals surface area contributed by atoms with Crippen LogP contribution in [0.2, 0.25) is 0 Å². The number of ether oxygens (including phenoxy) is 1. The molecule has 2 fully saturated rings. The molecule has 2 rings (SSSR count). The van der Waals surface area contributed by atoms with Gasteiger partial charge in [0, 0.05) is 6.04 Å². The van der Waals surface area contributed by atoms with Gasteiger partial charge in [0.05, 0.1) is 6.10 Å². The van der Waals surface area contributed by atoms with Gasteiger partial charge >= 0.3 is 5.97 Å². The quantitative estimate of drug-likeness (QED) is 0.780. The summed E-state index contributed by atoms with van der Waals surface area (Å²) in [5.74, 6) is -0.122. The molecule has 1 N–H and O–H groups in total. The van der Waals surface area contributed by atoms with Crippen LogP contribution in [-0.2, 0) is 9.53 Å². The van der Waals surface area contributed by atoms with Gasteiger partial charge in [-0.1, -0.05) is 12.8 Å². The molecule has 0 bridgehead atoms. The van der Waals surface area contributed by atoms with E-state index in [1.165, 1.54) is 0 Å². The summed E-state index contributed by atoms with van der Waals surface area (Å²) in [6, 6.07) is -0.00857. The summed E-state index contributed by atoms with van der Waals surface area (Å²) in [5, 5.41) is 10.2. The van der Waals surface area contributed by atoms with E-state index in [0.717, 1.165) is 45.1 Å². The number of nitrogens with zero attached hydrogens (tertiary/aromatic N) is 1. The Balaban J connectivity index is 2.01. The van der Waals surface area contributed by atoms with Crippen LogP contribution < -0.4 is 0 Å². The summed E-state index contributed by atoms with van der Waals surface area (Å²) >= 11 is 0. The number of likely N-dealkylation sites (tertiary alicyclic amines) is 1. The van der Waals surface area contributed by atoms with Crippen molar-refractivity contribution < 1.29 is 14.6 Å². The van der Waals surface area contributed by atoms with Gasteiger partial charge in [-0.2, -0.15) is 0 Å². The highest BCUT2D eigenvalue weighted by atomic mass is 16.6. The summed E-state index contributed by atoms with van der Waals surface area (Å²) in [5.41, 5.74) is -0.434. The molecule has 0 spiro atoms. The third kappa shape index (κ3) is 3.69. The van der Waals surface area contributed by atoms with Gasteiger partial charge in [-0.25, -0.2) is 0 Å². The highest BCUT2D eigenvalue weighted by Gasteiger charge is 2.40. The lowest BCUT2D eigenvalue weighted by Gasteiger charge is -2.38. The zero-order valence-corrected chi connectivity index (χ0v) is 12.4. The second-order valence-corrected chi connectivity index (χ2v) is 6.85. The minimum absolute atomic E-state index is 0.122. The van der Waals surface area contributed by atoms with E-state index in [4.69, 9.17) is 4.74 Å². The van der Waals surface area contributed by atoms with Crippen LogP contribution in [0.15, 0.2) is 0 Å². The third-order valence-corrected chi connectivity index (χ3v) is 4.09. The first-order chi connectivity index (χ1) is 8.88. The maximum Gasteiger partial charge on any atom is 0.323 e. The van der Waals surface area contributed by atoms with E-state index < -0.39 is 5.60 Å². The zero-order valence-electron chi connectivity index (χ0n) is 12.4. The number of aliphatic hydroxyl groups excluding tert-OH is 1. The first kappa shape index (κ1) is 14.8. The molecule has 1 aliphatic carbocycles. The van der Waals surface area contributed by atoms with E-state index in [2.05, 4.69) is 4.90 Å². The second-order valence-electron chi connectivity index (χ2n) is 6.85. The lowest BCUT2D eigenvalue weighted by Crippen LogP contribution is -2.51. The molecule has 0 aromatic rings. The average molecular weight is 269 g/mol. The Labute approximate surface area is 116 Å². The van der Waals surface area contributed by atoms with E-state index in [1.807, 2.05) is 20.8 Å². The number of hydrogen-bond acceptors (Lipinski definition) is 4. The van der Waals surface area contributed by atoms with Crippen molar-refractivity contribution in [3.05, 3.63) is 0 Å². The van der Waals surface area contributed by atoms with Gasteiger partial charge < -0.3 is 9.84 Å². The summed E-state index contributed by atoms with van der Waals surface area (Å²) < 4.78 is 5.52. The molecular weight excluding hydrogens is 242 g/mol. The van der Waals surface area contributed by atoms with Gasteiger partial charge in [-0.05, 0) is 53.0 Å². The largest absolute Gasteiger partial charge is 0.459 e. The number of rotatable bonds is 2. The molecule has 2 unspecified atom stereocenters. The Hall–Kier alpha value is -0.610. The Morgan fingerprint density at radius 1 is 1.16 bits per heavy atom. The Bertz CT molecular complexity index is 324. The van der Waals surface area contributed by atoms with Gasteiger partial charge in [0.25, 0.3) is 0 Å². The van der Waals surface area contributed by atoms with E-state index in [-0.39, 0.29) is 24.2 Å². The first-order valence-electron chi connectivity index (χ1n) is 7.55. The van der Waals surface area contributed by atoms with Crippen LogP contribution in [0, 0.1) is 0 Å². The van der Waals surface area contributed by atoms with Crippen LogP contribution in [0.1, 0.15) is 59.3 Å². The fraction of sp³-hybridized carbons (Fsp3) is 0.933. The molecule has 19 heavy (non-hydrogen) atoms. The van der Waals surface area contributed by atoms with Crippen molar-refractivity contribution in [3.8, 4) is 0 Å². The van der Waals surface area contributed by atoms with Gasteiger partial charge in [-0.3, -0.25) is 9.69 Å². The molecular formula is C15H27NO3. The molecule has 0 amide bonds. The van der Waals surface area contributed by atoms with Crippen LogP contribution in [0.4, 0.5) is 0 Å². The van der Waals surface area contributed by atoms with Gasteiger partial charge in [0.2, 0.25) is 0 Å². The Morgan fingerprint density at radius 3 is 2.47 bits per heavy atom. The van der Waals surface area contributed by atoms with E-state index in [0.29, 0.717) is 0 Å². The molecule has 3 atom stereocenters. The van der Waals surface area contributed by atoms with Crippen molar-refractivity contribution in [2.45, 2.75) is 83.1 Å². The van der Waals surface area contributed by atoms with Crippen LogP contribution in [0.25, 0.3) is 0 Å². The van der Waals surface area contributed by atoms with Gasteiger partial charge in [0.1, 0.15) is 11.6 Å². The Morgan fingerprint density at radius 2 is 1.84 bits per heavy atom. The van der Waals surface area contributed by atoms with E-state index in [1.54, 1.807) is 0 Å². The van der Waals surface area contributed by atoms with Crippen molar-refractivity contribution in [1.29, 1.82) is 0 Å². The fourth-order valence-electron chi connectivity index (χ4n) is 3.29. The van der Waals surface area contributed by atoms with E-state index in [9.17, 15) is 9.90 Å². The molecule has 0 aromatic carbocycles. The second kappa shape index (κ2) is 5.80. The SMILES string of the molecule is CC(C)(C)OC(=O)[C@@H]1CCCN1C1CCCCC1O. The van der Waals surface area contributed by atoms with Crippen molar-refractivity contribution in [3.63, 3.8) is 0 Å². The smallest absolute Gasteiger partial charge is 0.323 e. The van der Waals surface area contributed by atoms with Crippen molar-refractivity contribution >= 4 is 5.97 Å². The minimum atomic E-state index is -0.434. The van der Waals surface area contributed by atoms with Gasteiger partial charge in [0.15, 0.2) is 0 Å². The molecule has 2 aliphatic rings. The fourth-order valence-corrected chi connectivity index (χ4v) is 3.29. The van der Waals surface area contributed by atoms with Crippen LogP contribution >= 0.6 is 0 Å². The summed E-state index contributed by atoms with van der Waals surface area (Å²) in [6.07, 6.45) is 5.72. The Kier molecular flexibility index (Phi) is 4.51. The monoisotopic (exact) mass is 269 g/mol. The minimum Gasteiger partial charge on any atom is -0.459 e. The van der Waals surface area contributed by atoms with E-state index >= 15 is 0 Å². The molecule has 1 aliphatic heterocycles. The molecule has 0 radical (unpaired) electrons.